The summed E-state index contributed by atoms with van der Waals surface area (Å²) in [6, 6.07) is 5.92. The number of carbonyl (C=O) groups excluding carboxylic acids is 1. The van der Waals surface area contributed by atoms with Crippen LogP contribution in [0, 0.1) is 11.3 Å². The van der Waals surface area contributed by atoms with Crippen LogP contribution >= 0.6 is 0 Å². The van der Waals surface area contributed by atoms with Gasteiger partial charge in [-0.25, -0.2) is 4.98 Å². The molecule has 7 nitrogen and oxygen atoms in total. The summed E-state index contributed by atoms with van der Waals surface area (Å²) in [6.07, 6.45) is 11.7. The SMILES string of the molecule is N#Cc1ccc(NCC(=O)NC2CCCc3cn(C4CCCC4)nc32)nc1. The van der Waals surface area contributed by atoms with Gasteiger partial charge in [0.15, 0.2) is 0 Å². The standard InChI is InChI=1S/C20H24N6O/c21-10-14-8-9-18(22-11-14)23-12-19(27)24-17-7-3-4-15-13-26(25-20(15)17)16-5-1-2-6-16/h8-9,11,13,16-17H,1-7,12H2,(H,22,23)(H,24,27). The lowest BCUT2D eigenvalue weighted by atomic mass is 9.94. The molecule has 2 aliphatic rings. The third-order valence-electron chi connectivity index (χ3n) is 5.47. The van der Waals surface area contributed by atoms with Crippen molar-refractivity contribution in [2.24, 2.45) is 0 Å². The zero-order chi connectivity index (χ0) is 18.6. The number of aryl methyl sites for hydroxylation is 1. The summed E-state index contributed by atoms with van der Waals surface area (Å²) in [7, 11) is 0. The van der Waals surface area contributed by atoms with Crippen LogP contribution in [0.2, 0.25) is 0 Å². The number of nitrogens with one attached hydrogen (secondary N) is 2. The lowest BCUT2D eigenvalue weighted by molar-refractivity contribution is -0.120. The molecule has 2 N–H and O–H groups in total. The van der Waals surface area contributed by atoms with E-state index in [0.29, 0.717) is 17.4 Å². The number of nitrogens with zero attached hydrogens (tertiary/aromatic N) is 4. The van der Waals surface area contributed by atoms with E-state index in [9.17, 15) is 4.79 Å². The first kappa shape index (κ1) is 17.5. The number of hydrogen-bond donors (Lipinski definition) is 2. The molecule has 2 heterocycles. The topological polar surface area (TPSA) is 95.6 Å². The summed E-state index contributed by atoms with van der Waals surface area (Å²) in [5.74, 6) is 0.508. The molecule has 1 saturated carbocycles. The second-order valence-electron chi connectivity index (χ2n) is 7.37. The van der Waals surface area contributed by atoms with Crippen molar-refractivity contribution in [3.05, 3.63) is 41.3 Å². The van der Waals surface area contributed by atoms with Crippen molar-refractivity contribution >= 4 is 11.7 Å². The molecule has 0 aliphatic heterocycles. The van der Waals surface area contributed by atoms with Gasteiger partial charge in [0.05, 0.1) is 29.9 Å². The van der Waals surface area contributed by atoms with E-state index in [1.165, 1.54) is 37.4 Å². The molecular weight excluding hydrogens is 340 g/mol. The highest BCUT2D eigenvalue weighted by molar-refractivity contribution is 5.80. The molecule has 7 heteroatoms. The highest BCUT2D eigenvalue weighted by Crippen LogP contribution is 2.33. The smallest absolute Gasteiger partial charge is 0.239 e. The quantitative estimate of drug-likeness (QED) is 0.850. The highest BCUT2D eigenvalue weighted by atomic mass is 16.2. The van der Waals surface area contributed by atoms with Crippen LogP contribution in [0.1, 0.15) is 67.4 Å². The van der Waals surface area contributed by atoms with Crippen LogP contribution < -0.4 is 10.6 Å². The first-order chi connectivity index (χ1) is 13.2. The van der Waals surface area contributed by atoms with Gasteiger partial charge in [-0.1, -0.05) is 12.8 Å². The lowest BCUT2D eigenvalue weighted by Gasteiger charge is -2.22. The number of amides is 1. The number of hydrogen-bond acceptors (Lipinski definition) is 5. The van der Waals surface area contributed by atoms with Crippen LogP contribution in [0.15, 0.2) is 24.5 Å². The lowest BCUT2D eigenvalue weighted by Crippen LogP contribution is -2.35. The van der Waals surface area contributed by atoms with Crippen LogP contribution in [0.3, 0.4) is 0 Å². The predicted molar refractivity (Wildman–Crippen MR) is 101 cm³/mol. The Morgan fingerprint density at radius 2 is 2.11 bits per heavy atom. The molecule has 2 aromatic rings. The fraction of sp³-hybridized carbons (Fsp3) is 0.500. The van der Waals surface area contributed by atoms with E-state index < -0.39 is 0 Å². The van der Waals surface area contributed by atoms with E-state index in [1.54, 1.807) is 12.1 Å². The average Bonchev–Trinajstić information content (AvgIpc) is 3.36. The number of pyridine rings is 1. The Hall–Kier alpha value is -2.88. The Bertz CT molecular complexity index is 844. The number of rotatable bonds is 5. The Balaban J connectivity index is 1.36. The van der Waals surface area contributed by atoms with E-state index in [1.807, 2.05) is 6.07 Å². The molecule has 1 atom stereocenters. The Kier molecular flexibility index (Phi) is 5.05. The van der Waals surface area contributed by atoms with Crippen LogP contribution in [-0.2, 0) is 11.2 Å². The van der Waals surface area contributed by atoms with Gasteiger partial charge in [0.25, 0.3) is 0 Å². The van der Waals surface area contributed by atoms with E-state index in [2.05, 4.69) is 26.5 Å². The molecule has 1 unspecified atom stereocenters. The summed E-state index contributed by atoms with van der Waals surface area (Å²) < 4.78 is 2.14. The van der Waals surface area contributed by atoms with Gasteiger partial charge in [-0.15, -0.1) is 0 Å². The number of fused-ring (bicyclic) bond motifs is 1. The summed E-state index contributed by atoms with van der Waals surface area (Å²) in [4.78, 5) is 16.5. The van der Waals surface area contributed by atoms with Gasteiger partial charge >= 0.3 is 0 Å². The molecule has 1 fully saturated rings. The summed E-state index contributed by atoms with van der Waals surface area (Å²) >= 11 is 0. The monoisotopic (exact) mass is 364 g/mol. The molecule has 0 saturated heterocycles. The van der Waals surface area contributed by atoms with E-state index in [4.69, 9.17) is 10.4 Å². The Morgan fingerprint density at radius 3 is 2.85 bits per heavy atom. The molecule has 0 bridgehead atoms. The molecule has 140 valence electrons. The minimum Gasteiger partial charge on any atom is -0.361 e. The molecule has 4 rings (SSSR count). The third-order valence-corrected chi connectivity index (χ3v) is 5.47. The molecule has 27 heavy (non-hydrogen) atoms. The van der Waals surface area contributed by atoms with Crippen molar-refractivity contribution in [1.29, 1.82) is 5.26 Å². The number of nitriles is 1. The minimum atomic E-state index is -0.0746. The molecule has 2 aromatic heterocycles. The minimum absolute atomic E-state index is 0.0142. The zero-order valence-electron chi connectivity index (χ0n) is 15.3. The van der Waals surface area contributed by atoms with Crippen LogP contribution in [0.5, 0.6) is 0 Å². The van der Waals surface area contributed by atoms with Crippen molar-refractivity contribution in [3.8, 4) is 6.07 Å². The van der Waals surface area contributed by atoms with E-state index in [-0.39, 0.29) is 18.5 Å². The first-order valence-electron chi connectivity index (χ1n) is 9.70. The van der Waals surface area contributed by atoms with E-state index in [0.717, 1.165) is 25.0 Å². The maximum absolute atomic E-state index is 12.4. The molecule has 1 amide bonds. The van der Waals surface area contributed by atoms with Gasteiger partial charge in [0.1, 0.15) is 11.9 Å². The zero-order valence-corrected chi connectivity index (χ0v) is 15.3. The Morgan fingerprint density at radius 1 is 1.26 bits per heavy atom. The van der Waals surface area contributed by atoms with Crippen molar-refractivity contribution in [2.75, 3.05) is 11.9 Å². The number of carbonyl (C=O) groups is 1. The van der Waals surface area contributed by atoms with Gasteiger partial charge in [-0.05, 0) is 49.8 Å². The van der Waals surface area contributed by atoms with Gasteiger partial charge in [0.2, 0.25) is 5.91 Å². The maximum Gasteiger partial charge on any atom is 0.239 e. The van der Waals surface area contributed by atoms with Gasteiger partial charge in [-0.3, -0.25) is 9.48 Å². The summed E-state index contributed by atoms with van der Waals surface area (Å²) in [5, 5.41) is 19.8. The van der Waals surface area contributed by atoms with Crippen molar-refractivity contribution in [1.82, 2.24) is 20.1 Å². The van der Waals surface area contributed by atoms with Gasteiger partial charge in [0, 0.05) is 12.4 Å². The largest absolute Gasteiger partial charge is 0.361 e. The van der Waals surface area contributed by atoms with Crippen LogP contribution in [0.25, 0.3) is 0 Å². The van der Waals surface area contributed by atoms with Crippen LogP contribution in [-0.4, -0.2) is 27.2 Å². The van der Waals surface area contributed by atoms with Gasteiger partial charge in [-0.2, -0.15) is 10.4 Å². The molecule has 0 aromatic carbocycles. The van der Waals surface area contributed by atoms with Crippen molar-refractivity contribution in [2.45, 2.75) is 57.0 Å². The fourth-order valence-electron chi connectivity index (χ4n) is 4.04. The highest BCUT2D eigenvalue weighted by Gasteiger charge is 2.27. The average molecular weight is 364 g/mol. The number of aromatic nitrogens is 3. The number of anilines is 1. The second-order valence-corrected chi connectivity index (χ2v) is 7.37. The molecule has 0 spiro atoms. The third kappa shape index (κ3) is 3.95. The van der Waals surface area contributed by atoms with Crippen molar-refractivity contribution < 1.29 is 4.79 Å². The molecule has 0 radical (unpaired) electrons. The van der Waals surface area contributed by atoms with Gasteiger partial charge < -0.3 is 10.6 Å². The summed E-state index contributed by atoms with van der Waals surface area (Å²) in [6.45, 7) is 0.147. The molecule has 2 aliphatic carbocycles. The first-order valence-corrected chi connectivity index (χ1v) is 9.70. The summed E-state index contributed by atoms with van der Waals surface area (Å²) in [5.41, 5.74) is 2.82. The maximum atomic E-state index is 12.4. The second kappa shape index (κ2) is 7.78. The predicted octanol–water partition coefficient (Wildman–Crippen LogP) is 2.87. The van der Waals surface area contributed by atoms with Crippen LogP contribution in [0.4, 0.5) is 5.82 Å². The fourth-order valence-corrected chi connectivity index (χ4v) is 4.04. The Labute approximate surface area is 158 Å². The molecular formula is C20H24N6O. The normalized spacial score (nSPS) is 19.3. The van der Waals surface area contributed by atoms with E-state index >= 15 is 0 Å². The van der Waals surface area contributed by atoms with Crippen molar-refractivity contribution in [3.63, 3.8) is 0 Å².